The van der Waals surface area contributed by atoms with Gasteiger partial charge < -0.3 is 30.7 Å². The van der Waals surface area contributed by atoms with Crippen molar-refractivity contribution in [3.8, 4) is 11.5 Å². The molecule has 2 rings (SSSR count). The quantitative estimate of drug-likeness (QED) is 0.248. The van der Waals surface area contributed by atoms with Crippen LogP contribution in [0, 0.1) is 0 Å². The summed E-state index contributed by atoms with van der Waals surface area (Å²) < 4.78 is 5.04. The van der Waals surface area contributed by atoms with E-state index >= 15 is 0 Å². The molecule has 8 nitrogen and oxygen atoms in total. The Labute approximate surface area is 169 Å². The number of benzene rings is 2. The van der Waals surface area contributed by atoms with Crippen molar-refractivity contribution in [1.82, 2.24) is 10.5 Å². The molecular weight excluding hydrogens is 373 g/mol. The monoisotopic (exact) mass is 397 g/mol. The average molecular weight is 397 g/mol. The normalized spacial score (nSPS) is 10.6. The first-order chi connectivity index (χ1) is 13.9. The summed E-state index contributed by atoms with van der Waals surface area (Å²) in [6.45, 7) is 2.33. The first-order valence-corrected chi connectivity index (χ1v) is 9.05. The second-order valence-corrected chi connectivity index (χ2v) is 6.19. The van der Waals surface area contributed by atoms with Gasteiger partial charge in [0, 0.05) is 19.2 Å². The first-order valence-electron chi connectivity index (χ1n) is 9.05. The van der Waals surface area contributed by atoms with Gasteiger partial charge in [0.2, 0.25) is 5.91 Å². The molecule has 0 heterocycles. The summed E-state index contributed by atoms with van der Waals surface area (Å²) >= 11 is 0. The van der Waals surface area contributed by atoms with E-state index in [2.05, 4.69) is 15.9 Å². The molecule has 2 aromatic rings. The van der Waals surface area contributed by atoms with E-state index in [0.717, 1.165) is 0 Å². The number of ether oxygens (including phenoxy) is 1. The molecule has 152 valence electrons. The Hall–Kier alpha value is -3.30. The van der Waals surface area contributed by atoms with Crippen molar-refractivity contribution in [3.63, 3.8) is 0 Å². The van der Waals surface area contributed by atoms with Crippen molar-refractivity contribution in [2.75, 3.05) is 25.5 Å². The van der Waals surface area contributed by atoms with Crippen LogP contribution in [0.1, 0.15) is 15.9 Å². The number of amides is 2. The molecule has 0 unspecified atom stereocenters. The van der Waals surface area contributed by atoms with Gasteiger partial charge in [-0.1, -0.05) is 18.2 Å². The van der Waals surface area contributed by atoms with Gasteiger partial charge in [-0.05, 0) is 42.7 Å². The van der Waals surface area contributed by atoms with Crippen molar-refractivity contribution in [3.05, 3.63) is 59.7 Å². The third-order valence-corrected chi connectivity index (χ3v) is 3.91. The summed E-state index contributed by atoms with van der Waals surface area (Å²) in [5.74, 6) is -0.425. The van der Waals surface area contributed by atoms with Gasteiger partial charge in [-0.15, -0.1) is 0 Å². The maximum absolute atomic E-state index is 12.4. The van der Waals surface area contributed by atoms with Crippen LogP contribution in [-0.4, -0.2) is 49.2 Å². The molecule has 2 amide bonds. The molecule has 0 aliphatic carbocycles. The number of phenolic OH excluding ortho intramolecular Hbond substituents is 1. The molecule has 2 aromatic carbocycles. The molecule has 0 aromatic heterocycles. The number of carbonyl (C=O) groups is 2. The summed E-state index contributed by atoms with van der Waals surface area (Å²) in [6.07, 6.45) is 2.90. The number of methoxy groups -OCH3 is 1. The molecule has 0 aliphatic rings. The first kappa shape index (κ1) is 22.0. The fourth-order valence-electron chi connectivity index (χ4n) is 2.49. The number of phenols is 1. The highest BCUT2D eigenvalue weighted by molar-refractivity contribution is 6.45. The van der Waals surface area contributed by atoms with Gasteiger partial charge in [0.25, 0.3) is 5.91 Å². The van der Waals surface area contributed by atoms with E-state index in [4.69, 9.17) is 9.76 Å². The number of carbonyl (C=O) groups excluding carboxylic acids is 2. The Morgan fingerprint density at radius 1 is 1.17 bits per heavy atom. The van der Waals surface area contributed by atoms with Crippen molar-refractivity contribution in [2.45, 2.75) is 6.82 Å². The van der Waals surface area contributed by atoms with Crippen LogP contribution in [0.5, 0.6) is 11.5 Å². The maximum atomic E-state index is 12.4. The minimum absolute atomic E-state index is 0.0117. The van der Waals surface area contributed by atoms with Gasteiger partial charge >= 0.3 is 7.05 Å². The summed E-state index contributed by atoms with van der Waals surface area (Å²) in [5, 5.41) is 27.0. The SMILES string of the molecule is COc1cc(/C=C/C(=O)Nc2ccccc2C(=O)NCCNB(C)O)ccc1O. The van der Waals surface area contributed by atoms with E-state index in [-0.39, 0.29) is 11.7 Å². The van der Waals surface area contributed by atoms with Crippen LogP contribution in [0.4, 0.5) is 5.69 Å². The van der Waals surface area contributed by atoms with Crippen LogP contribution < -0.4 is 20.6 Å². The Bertz CT molecular complexity index is 886. The largest absolute Gasteiger partial charge is 0.504 e. The van der Waals surface area contributed by atoms with E-state index in [1.165, 1.54) is 19.3 Å². The number of hydrogen-bond donors (Lipinski definition) is 5. The van der Waals surface area contributed by atoms with Gasteiger partial charge in [0.1, 0.15) is 0 Å². The Morgan fingerprint density at radius 2 is 1.93 bits per heavy atom. The zero-order valence-corrected chi connectivity index (χ0v) is 16.3. The predicted octanol–water partition coefficient (Wildman–Crippen LogP) is 1.48. The third kappa shape index (κ3) is 6.98. The number of para-hydroxylation sites is 1. The molecule has 0 saturated heterocycles. The van der Waals surface area contributed by atoms with Crippen LogP contribution in [0.25, 0.3) is 6.08 Å². The lowest BCUT2D eigenvalue weighted by atomic mass is 9.89. The van der Waals surface area contributed by atoms with Crippen molar-refractivity contribution in [2.24, 2.45) is 0 Å². The molecule has 0 bridgehead atoms. The molecule has 9 heteroatoms. The Morgan fingerprint density at radius 3 is 2.66 bits per heavy atom. The topological polar surface area (TPSA) is 120 Å². The zero-order valence-electron chi connectivity index (χ0n) is 16.3. The standard InChI is InChI=1S/C20H24BN3O5/c1-21(28)23-12-11-22-20(27)15-5-3-4-6-16(15)24-19(26)10-8-14-7-9-17(25)18(13-14)29-2/h3-10,13,23,25,28H,11-12H2,1-2H3,(H,22,27)(H,24,26)/b10-8+. The highest BCUT2D eigenvalue weighted by atomic mass is 16.5. The highest BCUT2D eigenvalue weighted by Crippen LogP contribution is 2.26. The van der Waals surface area contributed by atoms with Gasteiger partial charge in [0.05, 0.1) is 18.4 Å². The lowest BCUT2D eigenvalue weighted by Crippen LogP contribution is -2.38. The van der Waals surface area contributed by atoms with Crippen LogP contribution in [0.2, 0.25) is 6.82 Å². The van der Waals surface area contributed by atoms with E-state index in [1.807, 2.05) is 0 Å². The van der Waals surface area contributed by atoms with Crippen molar-refractivity contribution in [1.29, 1.82) is 0 Å². The van der Waals surface area contributed by atoms with Crippen LogP contribution in [0.15, 0.2) is 48.5 Å². The second-order valence-electron chi connectivity index (χ2n) is 6.19. The predicted molar refractivity (Wildman–Crippen MR) is 113 cm³/mol. The number of rotatable bonds is 9. The summed E-state index contributed by atoms with van der Waals surface area (Å²) in [6, 6.07) is 11.4. The fraction of sp³-hybridized carbons (Fsp3) is 0.200. The van der Waals surface area contributed by atoms with Crippen molar-refractivity contribution >= 4 is 30.6 Å². The van der Waals surface area contributed by atoms with Crippen LogP contribution in [-0.2, 0) is 4.79 Å². The number of anilines is 1. The number of nitrogens with one attached hydrogen (secondary N) is 3. The van der Waals surface area contributed by atoms with Gasteiger partial charge in [0.15, 0.2) is 11.5 Å². The average Bonchev–Trinajstić information content (AvgIpc) is 2.70. The Balaban J connectivity index is 2.00. The molecular formula is C20H24BN3O5. The lowest BCUT2D eigenvalue weighted by Gasteiger charge is -2.11. The fourth-order valence-corrected chi connectivity index (χ4v) is 2.49. The summed E-state index contributed by atoms with van der Waals surface area (Å²) in [5.41, 5.74) is 1.38. The van der Waals surface area contributed by atoms with E-state index in [1.54, 1.807) is 49.3 Å². The van der Waals surface area contributed by atoms with Gasteiger partial charge in [-0.3, -0.25) is 9.59 Å². The molecule has 0 aliphatic heterocycles. The minimum Gasteiger partial charge on any atom is -0.504 e. The smallest absolute Gasteiger partial charge is 0.373 e. The highest BCUT2D eigenvalue weighted by Gasteiger charge is 2.12. The third-order valence-electron chi connectivity index (χ3n) is 3.91. The van der Waals surface area contributed by atoms with E-state index in [9.17, 15) is 14.7 Å². The minimum atomic E-state index is -0.654. The van der Waals surface area contributed by atoms with E-state index < -0.39 is 13.0 Å². The van der Waals surface area contributed by atoms with Crippen LogP contribution in [0.3, 0.4) is 0 Å². The molecule has 0 fully saturated rings. The van der Waals surface area contributed by atoms with Crippen molar-refractivity contribution < 1.29 is 24.5 Å². The number of aromatic hydroxyl groups is 1. The van der Waals surface area contributed by atoms with E-state index in [0.29, 0.717) is 35.7 Å². The second kappa shape index (κ2) is 10.9. The van der Waals surface area contributed by atoms with Crippen LogP contribution >= 0.6 is 0 Å². The summed E-state index contributed by atoms with van der Waals surface area (Å²) in [7, 11) is 0.788. The lowest BCUT2D eigenvalue weighted by molar-refractivity contribution is -0.111. The van der Waals surface area contributed by atoms with Gasteiger partial charge in [-0.2, -0.15) is 0 Å². The maximum Gasteiger partial charge on any atom is 0.373 e. The Kier molecular flexibility index (Phi) is 8.26. The molecule has 0 spiro atoms. The molecule has 0 radical (unpaired) electrons. The number of hydrogen-bond acceptors (Lipinski definition) is 6. The summed E-state index contributed by atoms with van der Waals surface area (Å²) in [4.78, 5) is 24.6. The zero-order chi connectivity index (χ0) is 21.2. The molecule has 5 N–H and O–H groups in total. The molecule has 0 atom stereocenters. The molecule has 0 saturated carbocycles. The molecule has 29 heavy (non-hydrogen) atoms. The van der Waals surface area contributed by atoms with Gasteiger partial charge in [-0.25, -0.2) is 0 Å².